The van der Waals surface area contributed by atoms with E-state index >= 15 is 0 Å². The maximum absolute atomic E-state index is 11.9. The number of rotatable bonds is 0. The predicted molar refractivity (Wildman–Crippen MR) is 71.8 cm³/mol. The van der Waals surface area contributed by atoms with Crippen LogP contribution in [0, 0.1) is 11.8 Å². The van der Waals surface area contributed by atoms with Gasteiger partial charge in [-0.2, -0.15) is 0 Å². The molecule has 1 saturated carbocycles. The van der Waals surface area contributed by atoms with Crippen molar-refractivity contribution in [3.8, 4) is 0 Å². The molecule has 2 aliphatic rings. The van der Waals surface area contributed by atoms with Crippen molar-refractivity contribution in [3.63, 3.8) is 0 Å². The number of likely N-dealkylation sites (tertiary alicyclic amines) is 1. The number of nitrogens with zero attached hydrogens (tertiary/aromatic N) is 1. The first-order valence-corrected chi connectivity index (χ1v) is 7.23. The van der Waals surface area contributed by atoms with Crippen molar-refractivity contribution in [1.82, 2.24) is 4.90 Å². The zero-order chi connectivity index (χ0) is 11.9. The van der Waals surface area contributed by atoms with Gasteiger partial charge >= 0.3 is 6.09 Å². The van der Waals surface area contributed by atoms with Crippen molar-refractivity contribution in [2.75, 3.05) is 13.1 Å². The highest BCUT2D eigenvalue weighted by atomic mass is 127. The molecule has 0 N–H and O–H groups in total. The second kappa shape index (κ2) is 4.35. The number of hydrogen-bond donors (Lipinski definition) is 0. The molecule has 1 aliphatic carbocycles. The Bertz CT molecular complexity index is 273. The van der Waals surface area contributed by atoms with E-state index in [4.69, 9.17) is 4.74 Å². The van der Waals surface area contributed by atoms with Gasteiger partial charge in [0, 0.05) is 17.0 Å². The molecule has 2 fully saturated rings. The number of alkyl halides is 1. The third-order valence-corrected chi connectivity index (χ3v) is 5.40. The number of amides is 1. The first kappa shape index (κ1) is 12.5. The predicted octanol–water partition coefficient (Wildman–Crippen LogP) is 3.07. The van der Waals surface area contributed by atoms with Crippen molar-refractivity contribution in [1.29, 1.82) is 0 Å². The lowest BCUT2D eigenvalue weighted by Gasteiger charge is -2.36. The second-order valence-corrected chi connectivity index (χ2v) is 7.37. The largest absolute Gasteiger partial charge is 0.444 e. The Labute approximate surface area is 111 Å². The average Bonchev–Trinajstić information content (AvgIpc) is 2.38. The van der Waals surface area contributed by atoms with E-state index in [2.05, 4.69) is 22.6 Å². The van der Waals surface area contributed by atoms with Crippen LogP contribution in [0.2, 0.25) is 0 Å². The van der Waals surface area contributed by atoms with Gasteiger partial charge in [-0.1, -0.05) is 22.6 Å². The Hall–Kier alpha value is 0. The topological polar surface area (TPSA) is 29.5 Å². The van der Waals surface area contributed by atoms with Crippen LogP contribution in [0.25, 0.3) is 0 Å². The number of halogens is 1. The molecule has 1 unspecified atom stereocenters. The Balaban J connectivity index is 1.95. The summed E-state index contributed by atoms with van der Waals surface area (Å²) >= 11 is 2.55. The molecule has 1 amide bonds. The quantitative estimate of drug-likeness (QED) is 0.502. The van der Waals surface area contributed by atoms with Crippen LogP contribution in [0.4, 0.5) is 4.79 Å². The molecular formula is C12H20INO2. The first-order valence-electron chi connectivity index (χ1n) is 5.99. The van der Waals surface area contributed by atoms with Gasteiger partial charge in [-0.05, 0) is 45.4 Å². The smallest absolute Gasteiger partial charge is 0.410 e. The van der Waals surface area contributed by atoms with E-state index in [-0.39, 0.29) is 11.7 Å². The molecule has 0 aromatic heterocycles. The van der Waals surface area contributed by atoms with E-state index in [0.717, 1.165) is 17.0 Å². The fraction of sp³-hybridized carbons (Fsp3) is 0.917. The van der Waals surface area contributed by atoms with Gasteiger partial charge in [0.1, 0.15) is 5.60 Å². The molecular weight excluding hydrogens is 317 g/mol. The van der Waals surface area contributed by atoms with Crippen molar-refractivity contribution in [3.05, 3.63) is 0 Å². The Morgan fingerprint density at radius 3 is 2.19 bits per heavy atom. The van der Waals surface area contributed by atoms with Crippen molar-refractivity contribution < 1.29 is 9.53 Å². The summed E-state index contributed by atoms with van der Waals surface area (Å²) < 4.78 is 6.18. The van der Waals surface area contributed by atoms with E-state index in [1.54, 1.807) is 0 Å². The van der Waals surface area contributed by atoms with Gasteiger partial charge in [-0.3, -0.25) is 0 Å². The van der Waals surface area contributed by atoms with Crippen molar-refractivity contribution in [2.45, 2.75) is 43.1 Å². The second-order valence-electron chi connectivity index (χ2n) is 5.93. The zero-order valence-electron chi connectivity index (χ0n) is 10.2. The van der Waals surface area contributed by atoms with Crippen LogP contribution in [0.15, 0.2) is 0 Å². The van der Waals surface area contributed by atoms with Crippen LogP contribution >= 0.6 is 22.6 Å². The Morgan fingerprint density at radius 2 is 1.75 bits per heavy atom. The molecule has 0 radical (unpaired) electrons. The van der Waals surface area contributed by atoms with Gasteiger partial charge in [0.25, 0.3) is 0 Å². The van der Waals surface area contributed by atoms with E-state index in [0.29, 0.717) is 11.8 Å². The molecule has 1 heterocycles. The fourth-order valence-corrected chi connectivity index (χ4v) is 3.81. The highest BCUT2D eigenvalue weighted by molar-refractivity contribution is 14.1. The number of hydrogen-bond acceptors (Lipinski definition) is 2. The molecule has 2 bridgehead atoms. The summed E-state index contributed by atoms with van der Waals surface area (Å²) in [7, 11) is 0. The van der Waals surface area contributed by atoms with Crippen LogP contribution < -0.4 is 0 Å². The van der Waals surface area contributed by atoms with Gasteiger partial charge in [0.2, 0.25) is 0 Å². The Kier molecular flexibility index (Phi) is 3.39. The number of fused-ring (bicyclic) bond motifs is 2. The highest BCUT2D eigenvalue weighted by Gasteiger charge is 2.42. The molecule has 4 heteroatoms. The summed E-state index contributed by atoms with van der Waals surface area (Å²) in [5, 5.41) is 0. The highest BCUT2D eigenvalue weighted by Crippen LogP contribution is 2.41. The summed E-state index contributed by atoms with van der Waals surface area (Å²) in [6.45, 7) is 7.54. The lowest BCUT2D eigenvalue weighted by molar-refractivity contribution is 0.0165. The number of piperidine rings is 1. The average molecular weight is 337 g/mol. The van der Waals surface area contributed by atoms with Crippen LogP contribution in [0.3, 0.4) is 0 Å². The first-order chi connectivity index (χ1) is 7.37. The summed E-state index contributed by atoms with van der Waals surface area (Å²) in [6.07, 6.45) is 2.42. The Morgan fingerprint density at radius 1 is 1.25 bits per heavy atom. The molecule has 92 valence electrons. The summed E-state index contributed by atoms with van der Waals surface area (Å²) in [5.74, 6) is 1.37. The molecule has 16 heavy (non-hydrogen) atoms. The molecule has 2 rings (SSSR count). The third kappa shape index (κ3) is 2.63. The van der Waals surface area contributed by atoms with E-state index in [9.17, 15) is 4.79 Å². The van der Waals surface area contributed by atoms with Crippen LogP contribution in [0.5, 0.6) is 0 Å². The summed E-state index contributed by atoms with van der Waals surface area (Å²) in [6, 6.07) is 0. The van der Waals surface area contributed by atoms with Gasteiger partial charge in [-0.25, -0.2) is 4.79 Å². The zero-order valence-corrected chi connectivity index (χ0v) is 12.4. The minimum absolute atomic E-state index is 0.132. The lowest BCUT2D eigenvalue weighted by Crippen LogP contribution is -2.47. The van der Waals surface area contributed by atoms with Gasteiger partial charge < -0.3 is 9.64 Å². The summed E-state index contributed by atoms with van der Waals surface area (Å²) in [5.41, 5.74) is -0.378. The normalized spacial score (nSPS) is 34.0. The summed E-state index contributed by atoms with van der Waals surface area (Å²) in [4.78, 5) is 13.8. The standard InChI is InChI=1S/C12H20INO2/c1-12(2,3)16-11(15)14-6-8-4-5-9(7-14)10(8)13/h8-10H,4-7H2,1-3H3/t8-,9+,10?. The van der Waals surface area contributed by atoms with Crippen molar-refractivity contribution >= 4 is 28.7 Å². The van der Waals surface area contributed by atoms with Crippen molar-refractivity contribution in [2.24, 2.45) is 11.8 Å². The van der Waals surface area contributed by atoms with E-state index in [1.807, 2.05) is 25.7 Å². The number of carbonyl (C=O) groups is 1. The maximum Gasteiger partial charge on any atom is 0.410 e. The van der Waals surface area contributed by atoms with E-state index < -0.39 is 0 Å². The van der Waals surface area contributed by atoms with Crippen LogP contribution in [0.1, 0.15) is 33.6 Å². The minimum Gasteiger partial charge on any atom is -0.444 e. The van der Waals surface area contributed by atoms with Crippen LogP contribution in [-0.2, 0) is 4.74 Å². The lowest BCUT2D eigenvalue weighted by atomic mass is 9.99. The monoisotopic (exact) mass is 337 g/mol. The molecule has 3 atom stereocenters. The molecule has 3 nitrogen and oxygen atoms in total. The fourth-order valence-electron chi connectivity index (χ4n) is 2.63. The SMILES string of the molecule is CC(C)(C)OC(=O)N1C[C@H]2CC[C@@H](C1)C2I. The number of ether oxygens (including phenoxy) is 1. The van der Waals surface area contributed by atoms with Gasteiger partial charge in [0.05, 0.1) is 0 Å². The molecule has 1 aliphatic heterocycles. The maximum atomic E-state index is 11.9. The molecule has 0 aromatic carbocycles. The van der Waals surface area contributed by atoms with Gasteiger partial charge in [0.15, 0.2) is 0 Å². The molecule has 1 saturated heterocycles. The van der Waals surface area contributed by atoms with Gasteiger partial charge in [-0.15, -0.1) is 0 Å². The third-order valence-electron chi connectivity index (χ3n) is 3.37. The minimum atomic E-state index is -0.378. The molecule has 0 spiro atoms. The van der Waals surface area contributed by atoms with Crippen LogP contribution in [-0.4, -0.2) is 33.6 Å². The van der Waals surface area contributed by atoms with E-state index in [1.165, 1.54) is 12.8 Å². The molecule has 0 aromatic rings. The number of carbonyl (C=O) groups excluding carboxylic acids is 1.